The van der Waals surface area contributed by atoms with Crippen molar-refractivity contribution in [3.05, 3.63) is 59.5 Å². The minimum Gasteiger partial charge on any atom is -0.464 e. The molecular formula is C17H17NO4. The van der Waals surface area contributed by atoms with Crippen LogP contribution in [-0.4, -0.2) is 29.4 Å². The zero-order valence-electron chi connectivity index (χ0n) is 12.3. The summed E-state index contributed by atoms with van der Waals surface area (Å²) in [6, 6.07) is 10.5. The monoisotopic (exact) mass is 299 g/mol. The summed E-state index contributed by atoms with van der Waals surface area (Å²) in [7, 11) is 0. The summed E-state index contributed by atoms with van der Waals surface area (Å²) in [5, 5.41) is 0. The second kappa shape index (κ2) is 6.05. The Labute approximate surface area is 128 Å². The first kappa shape index (κ1) is 14.4. The summed E-state index contributed by atoms with van der Waals surface area (Å²) < 4.78 is 10.3. The van der Waals surface area contributed by atoms with Gasteiger partial charge in [-0.25, -0.2) is 4.79 Å². The van der Waals surface area contributed by atoms with E-state index in [2.05, 4.69) is 0 Å². The maximum Gasteiger partial charge on any atom is 0.329 e. The summed E-state index contributed by atoms with van der Waals surface area (Å²) in [6.07, 6.45) is 1.91. The molecule has 0 fully saturated rings. The van der Waals surface area contributed by atoms with Crippen molar-refractivity contribution in [2.24, 2.45) is 0 Å². The van der Waals surface area contributed by atoms with Crippen molar-refractivity contribution in [1.82, 2.24) is 4.90 Å². The molecule has 0 radical (unpaired) electrons. The number of fused-ring (bicyclic) bond motifs is 1. The van der Waals surface area contributed by atoms with Crippen molar-refractivity contribution in [1.29, 1.82) is 0 Å². The minimum atomic E-state index is -0.618. The Balaban J connectivity index is 1.94. The van der Waals surface area contributed by atoms with Gasteiger partial charge in [0.05, 0.1) is 12.9 Å². The maximum atomic E-state index is 12.6. The lowest BCUT2D eigenvalue weighted by molar-refractivity contribution is -0.149. The van der Waals surface area contributed by atoms with Crippen molar-refractivity contribution in [2.75, 3.05) is 6.61 Å². The summed E-state index contributed by atoms with van der Waals surface area (Å²) in [6.45, 7) is 2.42. The smallest absolute Gasteiger partial charge is 0.329 e. The Hall–Kier alpha value is -2.56. The molecule has 1 atom stereocenters. The number of ether oxygens (including phenoxy) is 1. The van der Waals surface area contributed by atoms with Crippen LogP contribution in [0.4, 0.5) is 0 Å². The number of carbonyl (C=O) groups is 2. The lowest BCUT2D eigenvalue weighted by atomic mass is 9.93. The Morgan fingerprint density at radius 1 is 1.23 bits per heavy atom. The van der Waals surface area contributed by atoms with Crippen LogP contribution in [0.15, 0.2) is 47.1 Å². The molecule has 1 aromatic carbocycles. The summed E-state index contributed by atoms with van der Waals surface area (Å²) in [5.41, 5.74) is 2.12. The molecule has 1 aliphatic heterocycles. The molecule has 114 valence electrons. The molecule has 3 rings (SSSR count). The topological polar surface area (TPSA) is 59.8 Å². The molecule has 0 N–H and O–H groups in total. The fourth-order valence-electron chi connectivity index (χ4n) is 2.73. The number of rotatable bonds is 3. The fourth-order valence-corrected chi connectivity index (χ4v) is 2.73. The second-order valence-electron chi connectivity index (χ2n) is 5.15. The van der Waals surface area contributed by atoms with Crippen LogP contribution >= 0.6 is 0 Å². The van der Waals surface area contributed by atoms with Crippen LogP contribution in [-0.2, 0) is 22.5 Å². The van der Waals surface area contributed by atoms with E-state index in [-0.39, 0.29) is 17.6 Å². The van der Waals surface area contributed by atoms with Gasteiger partial charge in [-0.1, -0.05) is 24.3 Å². The first-order valence-corrected chi connectivity index (χ1v) is 7.28. The number of hydrogen-bond acceptors (Lipinski definition) is 4. The zero-order chi connectivity index (χ0) is 15.5. The standard InChI is InChI=1S/C17H17NO4/c1-2-21-17(20)14-10-12-6-3-4-7-13(12)11-18(14)16(19)15-8-5-9-22-15/h3-9,14H,2,10-11H2,1H3. The van der Waals surface area contributed by atoms with E-state index < -0.39 is 6.04 Å². The molecule has 5 heteroatoms. The van der Waals surface area contributed by atoms with E-state index in [9.17, 15) is 9.59 Å². The Morgan fingerprint density at radius 3 is 2.68 bits per heavy atom. The van der Waals surface area contributed by atoms with Crippen LogP contribution in [0.3, 0.4) is 0 Å². The van der Waals surface area contributed by atoms with Gasteiger partial charge in [-0.05, 0) is 30.2 Å². The second-order valence-corrected chi connectivity index (χ2v) is 5.15. The number of esters is 1. The van der Waals surface area contributed by atoms with Gasteiger partial charge in [0.1, 0.15) is 6.04 Å². The minimum absolute atomic E-state index is 0.230. The summed E-state index contributed by atoms with van der Waals surface area (Å²) >= 11 is 0. The Bertz CT molecular complexity index is 678. The molecule has 5 nitrogen and oxygen atoms in total. The number of amides is 1. The number of furan rings is 1. The molecule has 0 spiro atoms. The molecule has 1 aromatic heterocycles. The highest BCUT2D eigenvalue weighted by molar-refractivity contribution is 5.95. The molecule has 22 heavy (non-hydrogen) atoms. The molecular weight excluding hydrogens is 282 g/mol. The molecule has 0 saturated heterocycles. The van der Waals surface area contributed by atoms with Crippen molar-refractivity contribution in [3.63, 3.8) is 0 Å². The lowest BCUT2D eigenvalue weighted by Gasteiger charge is -2.34. The molecule has 1 amide bonds. The van der Waals surface area contributed by atoms with Gasteiger partial charge in [-0.3, -0.25) is 4.79 Å². The predicted octanol–water partition coefficient (Wildman–Crippen LogP) is 2.41. The van der Waals surface area contributed by atoms with Gasteiger partial charge >= 0.3 is 5.97 Å². The van der Waals surface area contributed by atoms with Crippen molar-refractivity contribution >= 4 is 11.9 Å². The lowest BCUT2D eigenvalue weighted by Crippen LogP contribution is -2.49. The molecule has 2 aromatic rings. The zero-order valence-corrected chi connectivity index (χ0v) is 12.3. The van der Waals surface area contributed by atoms with Crippen LogP contribution in [0.2, 0.25) is 0 Å². The Kier molecular flexibility index (Phi) is 3.96. The molecule has 0 saturated carbocycles. The average molecular weight is 299 g/mol. The number of hydrogen-bond donors (Lipinski definition) is 0. The van der Waals surface area contributed by atoms with E-state index in [0.717, 1.165) is 11.1 Å². The number of benzene rings is 1. The van der Waals surface area contributed by atoms with Gasteiger partial charge in [0.15, 0.2) is 5.76 Å². The highest BCUT2D eigenvalue weighted by Gasteiger charge is 2.36. The predicted molar refractivity (Wildman–Crippen MR) is 79.1 cm³/mol. The van der Waals surface area contributed by atoms with E-state index in [1.165, 1.54) is 11.2 Å². The first-order valence-electron chi connectivity index (χ1n) is 7.28. The largest absolute Gasteiger partial charge is 0.464 e. The van der Waals surface area contributed by atoms with Gasteiger partial charge in [-0.2, -0.15) is 0 Å². The van der Waals surface area contributed by atoms with Gasteiger partial charge in [-0.15, -0.1) is 0 Å². The number of carbonyl (C=O) groups excluding carboxylic acids is 2. The third kappa shape index (κ3) is 2.62. The van der Waals surface area contributed by atoms with Crippen LogP contribution < -0.4 is 0 Å². The van der Waals surface area contributed by atoms with Gasteiger partial charge in [0.2, 0.25) is 0 Å². The van der Waals surface area contributed by atoms with Crippen molar-refractivity contribution < 1.29 is 18.7 Å². The quantitative estimate of drug-likeness (QED) is 0.817. The molecule has 0 aliphatic carbocycles. The molecule has 0 bridgehead atoms. The number of nitrogens with zero attached hydrogens (tertiary/aromatic N) is 1. The van der Waals surface area contributed by atoms with Gasteiger partial charge < -0.3 is 14.1 Å². The van der Waals surface area contributed by atoms with Crippen LogP contribution in [0, 0.1) is 0 Å². The van der Waals surface area contributed by atoms with Crippen molar-refractivity contribution in [3.8, 4) is 0 Å². The Morgan fingerprint density at radius 2 is 2.00 bits per heavy atom. The van der Waals surface area contributed by atoms with Gasteiger partial charge in [0.25, 0.3) is 5.91 Å². The van der Waals surface area contributed by atoms with Crippen molar-refractivity contribution in [2.45, 2.75) is 25.9 Å². The molecule has 2 heterocycles. The third-order valence-electron chi connectivity index (χ3n) is 3.80. The van der Waals surface area contributed by atoms with E-state index in [1.807, 2.05) is 24.3 Å². The molecule has 1 unspecified atom stereocenters. The fraction of sp³-hybridized carbons (Fsp3) is 0.294. The highest BCUT2D eigenvalue weighted by Crippen LogP contribution is 2.25. The third-order valence-corrected chi connectivity index (χ3v) is 3.80. The molecule has 1 aliphatic rings. The van der Waals surface area contributed by atoms with E-state index in [0.29, 0.717) is 19.6 Å². The van der Waals surface area contributed by atoms with Crippen LogP contribution in [0.25, 0.3) is 0 Å². The first-order chi connectivity index (χ1) is 10.7. The maximum absolute atomic E-state index is 12.6. The van der Waals surface area contributed by atoms with Gasteiger partial charge in [0, 0.05) is 13.0 Å². The average Bonchev–Trinajstić information content (AvgIpc) is 3.07. The highest BCUT2D eigenvalue weighted by atomic mass is 16.5. The summed E-state index contributed by atoms with van der Waals surface area (Å²) in [4.78, 5) is 26.4. The normalized spacial score (nSPS) is 17.0. The van der Waals surface area contributed by atoms with Crippen LogP contribution in [0.1, 0.15) is 28.6 Å². The van der Waals surface area contributed by atoms with E-state index >= 15 is 0 Å². The van der Waals surface area contributed by atoms with E-state index in [1.54, 1.807) is 19.1 Å². The SMILES string of the molecule is CCOC(=O)C1Cc2ccccc2CN1C(=O)c1ccco1. The van der Waals surface area contributed by atoms with Crippen LogP contribution in [0.5, 0.6) is 0 Å². The van der Waals surface area contributed by atoms with E-state index in [4.69, 9.17) is 9.15 Å². The summed E-state index contributed by atoms with van der Waals surface area (Å²) in [5.74, 6) is -0.442.